The minimum absolute atomic E-state index is 0.0798. The highest BCUT2D eigenvalue weighted by atomic mass is 16.4. The van der Waals surface area contributed by atoms with E-state index in [1.807, 2.05) is 0 Å². The first-order valence-corrected chi connectivity index (χ1v) is 6.87. The molecule has 1 aliphatic rings. The fourth-order valence-electron chi connectivity index (χ4n) is 2.41. The minimum Gasteiger partial charge on any atom is -0.508 e. The molecular weight excluding hydrogens is 272 g/mol. The predicted octanol–water partition coefficient (Wildman–Crippen LogP) is 0.333. The zero-order chi connectivity index (χ0) is 15.2. The van der Waals surface area contributed by atoms with Crippen LogP contribution in [0.2, 0.25) is 0 Å². The van der Waals surface area contributed by atoms with Crippen molar-refractivity contribution in [2.45, 2.75) is 18.9 Å². The molecule has 0 unspecified atom stereocenters. The van der Waals surface area contributed by atoms with Gasteiger partial charge in [0.1, 0.15) is 5.75 Å². The molecule has 21 heavy (non-hydrogen) atoms. The molecule has 7 heteroatoms. The Bertz CT molecular complexity index is 525. The fraction of sp³-hybridized carbons (Fsp3) is 0.429. The molecule has 114 valence electrons. The molecule has 0 radical (unpaired) electrons. The van der Waals surface area contributed by atoms with Crippen LogP contribution in [0.1, 0.15) is 23.2 Å². The predicted molar refractivity (Wildman–Crippen MR) is 78.4 cm³/mol. The average Bonchev–Trinajstić information content (AvgIpc) is 2.49. The van der Waals surface area contributed by atoms with Crippen LogP contribution in [0.15, 0.2) is 29.4 Å². The van der Waals surface area contributed by atoms with Gasteiger partial charge in [-0.15, -0.1) is 0 Å². The Morgan fingerprint density at radius 2 is 2.14 bits per heavy atom. The van der Waals surface area contributed by atoms with Gasteiger partial charge in [0.2, 0.25) is 0 Å². The van der Waals surface area contributed by atoms with Crippen LogP contribution in [0.3, 0.4) is 0 Å². The van der Waals surface area contributed by atoms with Crippen LogP contribution >= 0.6 is 0 Å². The number of nitrogens with zero attached hydrogens (tertiary/aromatic N) is 2. The molecule has 0 aromatic heterocycles. The Hall–Kier alpha value is -2.28. The van der Waals surface area contributed by atoms with E-state index in [1.54, 1.807) is 12.1 Å². The molecule has 0 aliphatic carbocycles. The molecule has 2 rings (SSSR count). The normalized spacial score (nSPS) is 17.6. The van der Waals surface area contributed by atoms with Crippen molar-refractivity contribution in [2.24, 2.45) is 10.9 Å². The SMILES string of the molecule is NC(CN1CCC(NC(=O)c2cccc(O)c2)CC1)=NO. The van der Waals surface area contributed by atoms with Crippen LogP contribution in [-0.4, -0.2) is 52.6 Å². The Balaban J connectivity index is 1.82. The summed E-state index contributed by atoms with van der Waals surface area (Å²) in [6, 6.07) is 6.39. The highest BCUT2D eigenvalue weighted by Crippen LogP contribution is 2.13. The first kappa shape index (κ1) is 15.1. The lowest BCUT2D eigenvalue weighted by Crippen LogP contribution is -2.46. The lowest BCUT2D eigenvalue weighted by Gasteiger charge is -2.31. The number of rotatable bonds is 4. The summed E-state index contributed by atoms with van der Waals surface area (Å²) in [5.74, 6) is 0.0919. The molecule has 5 N–H and O–H groups in total. The number of likely N-dealkylation sites (tertiary alicyclic amines) is 1. The molecule has 1 heterocycles. The van der Waals surface area contributed by atoms with E-state index in [-0.39, 0.29) is 23.5 Å². The van der Waals surface area contributed by atoms with E-state index in [2.05, 4.69) is 15.4 Å². The topological polar surface area (TPSA) is 111 Å². The van der Waals surface area contributed by atoms with Crippen LogP contribution in [0.4, 0.5) is 0 Å². The highest BCUT2D eigenvalue weighted by molar-refractivity contribution is 5.94. The van der Waals surface area contributed by atoms with Gasteiger partial charge in [0.05, 0.1) is 6.54 Å². The number of benzene rings is 1. The van der Waals surface area contributed by atoms with E-state index in [0.29, 0.717) is 12.1 Å². The Labute approximate surface area is 123 Å². The van der Waals surface area contributed by atoms with Gasteiger partial charge in [0, 0.05) is 24.7 Å². The maximum absolute atomic E-state index is 12.1. The second kappa shape index (κ2) is 6.94. The molecular formula is C14H20N4O3. The molecule has 1 aromatic rings. The maximum Gasteiger partial charge on any atom is 0.251 e. The van der Waals surface area contributed by atoms with Crippen LogP contribution in [0, 0.1) is 0 Å². The molecule has 1 aliphatic heterocycles. The van der Waals surface area contributed by atoms with Crippen molar-refractivity contribution in [2.75, 3.05) is 19.6 Å². The van der Waals surface area contributed by atoms with Gasteiger partial charge in [0.15, 0.2) is 5.84 Å². The molecule has 1 aromatic carbocycles. The summed E-state index contributed by atoms with van der Waals surface area (Å²) in [5.41, 5.74) is 5.93. The van der Waals surface area contributed by atoms with E-state index in [1.165, 1.54) is 12.1 Å². The van der Waals surface area contributed by atoms with Crippen LogP contribution in [-0.2, 0) is 0 Å². The van der Waals surface area contributed by atoms with Crippen molar-refractivity contribution < 1.29 is 15.1 Å². The zero-order valence-corrected chi connectivity index (χ0v) is 11.7. The summed E-state index contributed by atoms with van der Waals surface area (Å²) in [6.45, 7) is 1.99. The van der Waals surface area contributed by atoms with Crippen LogP contribution < -0.4 is 11.1 Å². The molecule has 1 amide bonds. The van der Waals surface area contributed by atoms with Gasteiger partial charge in [-0.25, -0.2) is 0 Å². The smallest absolute Gasteiger partial charge is 0.251 e. The van der Waals surface area contributed by atoms with Gasteiger partial charge in [-0.2, -0.15) is 0 Å². The number of aromatic hydroxyl groups is 1. The number of amides is 1. The summed E-state index contributed by atoms with van der Waals surface area (Å²) in [7, 11) is 0. The fourth-order valence-corrected chi connectivity index (χ4v) is 2.41. The van der Waals surface area contributed by atoms with Gasteiger partial charge < -0.3 is 21.4 Å². The summed E-state index contributed by atoms with van der Waals surface area (Å²) < 4.78 is 0. The van der Waals surface area contributed by atoms with Crippen molar-refractivity contribution in [3.63, 3.8) is 0 Å². The zero-order valence-electron chi connectivity index (χ0n) is 11.7. The summed E-state index contributed by atoms with van der Waals surface area (Å²) in [5, 5.41) is 23.8. The molecule has 1 fully saturated rings. The maximum atomic E-state index is 12.1. The van der Waals surface area contributed by atoms with E-state index in [4.69, 9.17) is 10.9 Å². The molecule has 0 saturated carbocycles. The standard InChI is InChI=1S/C14H20N4O3/c15-13(17-21)9-18-6-4-11(5-7-18)16-14(20)10-2-1-3-12(19)8-10/h1-3,8,11,19,21H,4-7,9H2,(H2,15,17)(H,16,20). The lowest BCUT2D eigenvalue weighted by molar-refractivity contribution is 0.0914. The number of nitrogens with one attached hydrogen (secondary N) is 1. The average molecular weight is 292 g/mol. The van der Waals surface area contributed by atoms with E-state index in [9.17, 15) is 9.90 Å². The van der Waals surface area contributed by atoms with Crippen molar-refractivity contribution in [1.82, 2.24) is 10.2 Å². The quantitative estimate of drug-likeness (QED) is 0.277. The van der Waals surface area contributed by atoms with E-state index < -0.39 is 0 Å². The molecule has 0 spiro atoms. The van der Waals surface area contributed by atoms with Gasteiger partial charge >= 0.3 is 0 Å². The lowest BCUT2D eigenvalue weighted by atomic mass is 10.0. The number of piperidine rings is 1. The summed E-state index contributed by atoms with van der Waals surface area (Å²) in [4.78, 5) is 14.1. The van der Waals surface area contributed by atoms with Crippen molar-refractivity contribution in [1.29, 1.82) is 0 Å². The number of phenolic OH excluding ortho intramolecular Hbond substituents is 1. The van der Waals surface area contributed by atoms with E-state index >= 15 is 0 Å². The van der Waals surface area contributed by atoms with Gasteiger partial charge in [-0.3, -0.25) is 9.69 Å². The molecule has 0 atom stereocenters. The number of nitrogens with two attached hydrogens (primary N) is 1. The monoisotopic (exact) mass is 292 g/mol. The van der Waals surface area contributed by atoms with E-state index in [0.717, 1.165) is 25.9 Å². The molecule has 7 nitrogen and oxygen atoms in total. The van der Waals surface area contributed by atoms with Gasteiger partial charge in [0.25, 0.3) is 5.91 Å². The Morgan fingerprint density at radius 3 is 2.76 bits per heavy atom. The number of amidine groups is 1. The first-order valence-electron chi connectivity index (χ1n) is 6.87. The van der Waals surface area contributed by atoms with Crippen LogP contribution in [0.25, 0.3) is 0 Å². The number of hydrogen-bond acceptors (Lipinski definition) is 5. The van der Waals surface area contributed by atoms with Gasteiger partial charge in [-0.1, -0.05) is 11.2 Å². The van der Waals surface area contributed by atoms with Crippen molar-refractivity contribution in [3.8, 4) is 5.75 Å². The summed E-state index contributed by atoms with van der Waals surface area (Å²) >= 11 is 0. The van der Waals surface area contributed by atoms with Gasteiger partial charge in [-0.05, 0) is 31.0 Å². The third-order valence-electron chi connectivity index (χ3n) is 3.55. The largest absolute Gasteiger partial charge is 0.508 e. The third kappa shape index (κ3) is 4.35. The highest BCUT2D eigenvalue weighted by Gasteiger charge is 2.21. The third-order valence-corrected chi connectivity index (χ3v) is 3.55. The van der Waals surface area contributed by atoms with Crippen LogP contribution in [0.5, 0.6) is 5.75 Å². The number of hydrogen-bond donors (Lipinski definition) is 4. The second-order valence-electron chi connectivity index (χ2n) is 5.17. The van der Waals surface area contributed by atoms with Crippen molar-refractivity contribution in [3.05, 3.63) is 29.8 Å². The minimum atomic E-state index is -0.180. The number of carbonyl (C=O) groups excluding carboxylic acids is 1. The van der Waals surface area contributed by atoms with Crippen molar-refractivity contribution >= 4 is 11.7 Å². The number of carbonyl (C=O) groups is 1. The molecule has 1 saturated heterocycles. The Kier molecular flexibility index (Phi) is 4.99. The Morgan fingerprint density at radius 1 is 1.43 bits per heavy atom. The summed E-state index contributed by atoms with van der Waals surface area (Å²) in [6.07, 6.45) is 1.62. The second-order valence-corrected chi connectivity index (χ2v) is 5.17. The number of phenols is 1. The first-order chi connectivity index (χ1) is 10.1. The molecule has 0 bridgehead atoms. The number of oxime groups is 1.